The zero-order chi connectivity index (χ0) is 12.0. The second-order valence-corrected chi connectivity index (χ2v) is 4.38. The van der Waals surface area contributed by atoms with Crippen molar-refractivity contribution in [1.82, 2.24) is 0 Å². The Balaban J connectivity index is 2.54. The lowest BCUT2D eigenvalue weighted by Crippen LogP contribution is -2.27. The summed E-state index contributed by atoms with van der Waals surface area (Å²) >= 11 is 1.31. The maximum absolute atomic E-state index is 11.3. The monoisotopic (exact) mass is 243 g/mol. The van der Waals surface area contributed by atoms with Gasteiger partial charge >= 0.3 is 5.97 Å². The standard InChI is InChI=1S/C11H17NO3S/c1-3-4-8(12)7-15-9-5-6-16-10(9)11(13)14-2/h5-6,8H,3-4,7,12H2,1-2H3. The fraction of sp³-hybridized carbons (Fsp3) is 0.545. The van der Waals surface area contributed by atoms with Gasteiger partial charge in [0.1, 0.15) is 12.4 Å². The van der Waals surface area contributed by atoms with E-state index in [2.05, 4.69) is 11.7 Å². The van der Waals surface area contributed by atoms with Crippen LogP contribution in [0.5, 0.6) is 5.75 Å². The molecule has 0 aromatic carbocycles. The minimum absolute atomic E-state index is 0.00963. The summed E-state index contributed by atoms with van der Waals surface area (Å²) in [6.07, 6.45) is 1.94. The van der Waals surface area contributed by atoms with Gasteiger partial charge in [-0.2, -0.15) is 0 Å². The van der Waals surface area contributed by atoms with E-state index in [0.29, 0.717) is 17.2 Å². The van der Waals surface area contributed by atoms with Gasteiger partial charge in [-0.25, -0.2) is 4.79 Å². The van der Waals surface area contributed by atoms with Gasteiger partial charge in [-0.3, -0.25) is 0 Å². The van der Waals surface area contributed by atoms with E-state index in [-0.39, 0.29) is 12.0 Å². The molecule has 0 saturated carbocycles. The van der Waals surface area contributed by atoms with Crippen LogP contribution in [0.1, 0.15) is 29.4 Å². The number of methoxy groups -OCH3 is 1. The van der Waals surface area contributed by atoms with E-state index in [1.54, 1.807) is 11.4 Å². The van der Waals surface area contributed by atoms with Crippen molar-refractivity contribution in [3.63, 3.8) is 0 Å². The Morgan fingerprint density at radius 1 is 1.62 bits per heavy atom. The van der Waals surface area contributed by atoms with Crippen LogP contribution in [0, 0.1) is 0 Å². The van der Waals surface area contributed by atoms with E-state index in [9.17, 15) is 4.79 Å². The molecule has 2 N–H and O–H groups in total. The Morgan fingerprint density at radius 3 is 3.00 bits per heavy atom. The van der Waals surface area contributed by atoms with Gasteiger partial charge in [-0.15, -0.1) is 11.3 Å². The highest BCUT2D eigenvalue weighted by molar-refractivity contribution is 7.12. The summed E-state index contributed by atoms with van der Waals surface area (Å²) < 4.78 is 10.1. The number of esters is 1. The second kappa shape index (κ2) is 6.50. The maximum atomic E-state index is 11.3. The fourth-order valence-corrected chi connectivity index (χ4v) is 2.05. The Hall–Kier alpha value is -1.07. The molecule has 0 saturated heterocycles. The second-order valence-electron chi connectivity index (χ2n) is 3.47. The molecule has 1 heterocycles. The first-order valence-corrected chi connectivity index (χ1v) is 6.11. The van der Waals surface area contributed by atoms with Crippen molar-refractivity contribution < 1.29 is 14.3 Å². The van der Waals surface area contributed by atoms with Crippen LogP contribution in [0.15, 0.2) is 11.4 Å². The summed E-state index contributed by atoms with van der Waals surface area (Å²) in [6.45, 7) is 2.50. The number of hydrogen-bond donors (Lipinski definition) is 1. The largest absolute Gasteiger partial charge is 0.490 e. The van der Waals surface area contributed by atoms with Gasteiger partial charge in [-0.05, 0) is 17.9 Å². The molecule has 1 aromatic heterocycles. The van der Waals surface area contributed by atoms with Crippen molar-refractivity contribution in [2.45, 2.75) is 25.8 Å². The molecular weight excluding hydrogens is 226 g/mol. The van der Waals surface area contributed by atoms with E-state index in [4.69, 9.17) is 10.5 Å². The molecule has 1 unspecified atom stereocenters. The first-order chi connectivity index (χ1) is 7.69. The zero-order valence-corrected chi connectivity index (χ0v) is 10.4. The average Bonchev–Trinajstić information content (AvgIpc) is 2.74. The molecule has 90 valence electrons. The summed E-state index contributed by atoms with van der Waals surface area (Å²) in [5, 5.41) is 1.80. The predicted octanol–water partition coefficient (Wildman–Crippen LogP) is 2.04. The lowest BCUT2D eigenvalue weighted by Gasteiger charge is -2.11. The molecule has 0 bridgehead atoms. The normalized spacial score (nSPS) is 12.2. The number of carbonyl (C=O) groups is 1. The molecule has 0 radical (unpaired) electrons. The highest BCUT2D eigenvalue weighted by Gasteiger charge is 2.15. The smallest absolute Gasteiger partial charge is 0.351 e. The first kappa shape index (κ1) is 13.0. The third kappa shape index (κ3) is 3.50. The maximum Gasteiger partial charge on any atom is 0.351 e. The minimum Gasteiger partial charge on any atom is -0.490 e. The molecule has 0 fully saturated rings. The Morgan fingerprint density at radius 2 is 2.38 bits per heavy atom. The Bertz CT molecular complexity index is 338. The molecule has 0 aliphatic carbocycles. The van der Waals surface area contributed by atoms with Crippen LogP contribution in [0.3, 0.4) is 0 Å². The van der Waals surface area contributed by atoms with E-state index in [0.717, 1.165) is 12.8 Å². The number of rotatable bonds is 6. The topological polar surface area (TPSA) is 61.5 Å². The molecule has 0 aliphatic rings. The first-order valence-electron chi connectivity index (χ1n) is 5.23. The van der Waals surface area contributed by atoms with Crippen molar-refractivity contribution >= 4 is 17.3 Å². The quantitative estimate of drug-likeness (QED) is 0.777. The van der Waals surface area contributed by atoms with Crippen molar-refractivity contribution in [1.29, 1.82) is 0 Å². The summed E-state index contributed by atoms with van der Waals surface area (Å²) in [4.78, 5) is 11.8. The molecule has 1 aromatic rings. The van der Waals surface area contributed by atoms with E-state index in [1.165, 1.54) is 18.4 Å². The van der Waals surface area contributed by atoms with Crippen molar-refractivity contribution in [3.05, 3.63) is 16.3 Å². The predicted molar refractivity (Wildman–Crippen MR) is 64.0 cm³/mol. The highest BCUT2D eigenvalue weighted by atomic mass is 32.1. The molecule has 16 heavy (non-hydrogen) atoms. The molecule has 1 atom stereocenters. The number of thiophene rings is 1. The average molecular weight is 243 g/mol. The van der Waals surface area contributed by atoms with E-state index < -0.39 is 0 Å². The zero-order valence-electron chi connectivity index (χ0n) is 9.56. The van der Waals surface area contributed by atoms with Crippen LogP contribution in [0.25, 0.3) is 0 Å². The van der Waals surface area contributed by atoms with Crippen molar-refractivity contribution in [3.8, 4) is 5.75 Å². The van der Waals surface area contributed by atoms with Gasteiger partial charge in [0.2, 0.25) is 0 Å². The number of nitrogens with two attached hydrogens (primary N) is 1. The third-order valence-electron chi connectivity index (χ3n) is 2.11. The van der Waals surface area contributed by atoms with Gasteiger partial charge in [-0.1, -0.05) is 13.3 Å². The van der Waals surface area contributed by atoms with Crippen molar-refractivity contribution in [2.75, 3.05) is 13.7 Å². The Kier molecular flexibility index (Phi) is 5.28. The van der Waals surface area contributed by atoms with E-state index in [1.807, 2.05) is 0 Å². The summed E-state index contributed by atoms with van der Waals surface area (Å²) in [5.74, 6) is 0.192. The SMILES string of the molecule is CCCC(N)COc1ccsc1C(=O)OC. The van der Waals surface area contributed by atoms with Crippen LogP contribution in [0.2, 0.25) is 0 Å². The molecule has 0 spiro atoms. The van der Waals surface area contributed by atoms with Gasteiger partial charge in [0.05, 0.1) is 7.11 Å². The molecule has 0 aliphatic heterocycles. The van der Waals surface area contributed by atoms with Crippen LogP contribution in [0.4, 0.5) is 0 Å². The third-order valence-corrected chi connectivity index (χ3v) is 2.99. The molecule has 5 heteroatoms. The summed E-state index contributed by atoms with van der Waals surface area (Å²) in [6, 6.07) is 1.77. The molecule has 4 nitrogen and oxygen atoms in total. The van der Waals surface area contributed by atoms with Gasteiger partial charge < -0.3 is 15.2 Å². The van der Waals surface area contributed by atoms with E-state index >= 15 is 0 Å². The van der Waals surface area contributed by atoms with Crippen LogP contribution in [-0.2, 0) is 4.74 Å². The highest BCUT2D eigenvalue weighted by Crippen LogP contribution is 2.25. The van der Waals surface area contributed by atoms with Gasteiger partial charge in [0, 0.05) is 6.04 Å². The van der Waals surface area contributed by atoms with Crippen LogP contribution in [-0.4, -0.2) is 25.7 Å². The van der Waals surface area contributed by atoms with Gasteiger partial charge in [0.25, 0.3) is 0 Å². The molecule has 0 amide bonds. The van der Waals surface area contributed by atoms with Crippen molar-refractivity contribution in [2.24, 2.45) is 5.73 Å². The lowest BCUT2D eigenvalue weighted by molar-refractivity contribution is 0.0601. The summed E-state index contributed by atoms with van der Waals surface area (Å²) in [5.41, 5.74) is 5.82. The lowest BCUT2D eigenvalue weighted by atomic mass is 10.2. The van der Waals surface area contributed by atoms with Crippen LogP contribution < -0.4 is 10.5 Å². The summed E-state index contributed by atoms with van der Waals surface area (Å²) in [7, 11) is 1.36. The molecule has 1 rings (SSSR count). The Labute approximate surface area is 99.4 Å². The minimum atomic E-state index is -0.367. The number of ether oxygens (including phenoxy) is 2. The van der Waals surface area contributed by atoms with Crippen LogP contribution >= 0.6 is 11.3 Å². The molecular formula is C11H17NO3S. The fourth-order valence-electron chi connectivity index (χ4n) is 1.30. The number of hydrogen-bond acceptors (Lipinski definition) is 5. The van der Waals surface area contributed by atoms with Gasteiger partial charge in [0.15, 0.2) is 4.88 Å². The number of carbonyl (C=O) groups excluding carboxylic acids is 1.